The molecular weight excluding hydrogens is 156 g/mol. The number of imidazole rings is 1. The highest BCUT2D eigenvalue weighted by molar-refractivity contribution is 4.92. The minimum atomic E-state index is 0.149. The Morgan fingerprint density at radius 3 is 3.17 bits per heavy atom. The molecule has 0 aliphatic carbocycles. The fourth-order valence-electron chi connectivity index (χ4n) is 1.07. The van der Waals surface area contributed by atoms with Crippen LogP contribution in [0.1, 0.15) is 5.82 Å². The second-order valence-electron chi connectivity index (χ2n) is 2.50. The summed E-state index contributed by atoms with van der Waals surface area (Å²) in [4.78, 5) is 4.14. The second kappa shape index (κ2) is 4.90. The van der Waals surface area contributed by atoms with Gasteiger partial charge in [-0.25, -0.2) is 4.98 Å². The van der Waals surface area contributed by atoms with E-state index in [2.05, 4.69) is 4.98 Å². The molecule has 0 spiro atoms. The molecule has 1 aromatic heterocycles. The maximum absolute atomic E-state index is 8.71. The number of hydrogen-bond donors (Lipinski definition) is 1. The fourth-order valence-corrected chi connectivity index (χ4v) is 1.07. The highest BCUT2D eigenvalue weighted by atomic mass is 16.5. The van der Waals surface area contributed by atoms with Crippen LogP contribution in [-0.4, -0.2) is 35.0 Å². The Morgan fingerprint density at radius 2 is 2.50 bits per heavy atom. The van der Waals surface area contributed by atoms with Crippen molar-refractivity contribution >= 4 is 0 Å². The predicted molar refractivity (Wildman–Crippen MR) is 44.9 cm³/mol. The molecule has 0 saturated carbocycles. The highest BCUT2D eigenvalue weighted by Gasteiger charge is 2.00. The zero-order chi connectivity index (χ0) is 8.81. The molecule has 0 saturated heterocycles. The first-order chi connectivity index (χ1) is 5.88. The highest BCUT2D eigenvalue weighted by Crippen LogP contribution is 1.98. The third-order valence-corrected chi connectivity index (χ3v) is 1.67. The smallest absolute Gasteiger partial charge is 0.111 e. The molecule has 1 aromatic rings. The van der Waals surface area contributed by atoms with E-state index in [1.807, 2.05) is 10.8 Å². The van der Waals surface area contributed by atoms with Crippen LogP contribution in [0.4, 0.5) is 0 Å². The van der Waals surface area contributed by atoms with Crippen molar-refractivity contribution in [2.24, 2.45) is 0 Å². The Labute approximate surface area is 71.8 Å². The normalized spacial score (nSPS) is 10.5. The van der Waals surface area contributed by atoms with Crippen LogP contribution >= 0.6 is 0 Å². The molecule has 0 bridgehead atoms. The minimum Gasteiger partial charge on any atom is -0.395 e. The summed E-state index contributed by atoms with van der Waals surface area (Å²) in [5.41, 5.74) is 0. The maximum Gasteiger partial charge on any atom is 0.111 e. The minimum absolute atomic E-state index is 0.149. The van der Waals surface area contributed by atoms with Gasteiger partial charge in [0, 0.05) is 32.5 Å². The van der Waals surface area contributed by atoms with Gasteiger partial charge in [0.25, 0.3) is 0 Å². The molecule has 4 nitrogen and oxygen atoms in total. The molecule has 1 N–H and O–H groups in total. The van der Waals surface area contributed by atoms with Gasteiger partial charge in [0.15, 0.2) is 0 Å². The molecule has 0 aliphatic heterocycles. The molecule has 12 heavy (non-hydrogen) atoms. The van der Waals surface area contributed by atoms with E-state index in [9.17, 15) is 0 Å². The van der Waals surface area contributed by atoms with Gasteiger partial charge in [0.2, 0.25) is 0 Å². The van der Waals surface area contributed by atoms with Gasteiger partial charge in [-0.3, -0.25) is 0 Å². The topological polar surface area (TPSA) is 47.3 Å². The summed E-state index contributed by atoms with van der Waals surface area (Å²) in [7, 11) is 1.67. The second-order valence-corrected chi connectivity index (χ2v) is 2.50. The quantitative estimate of drug-likeness (QED) is 0.680. The number of aliphatic hydroxyl groups is 1. The molecule has 0 aliphatic rings. The van der Waals surface area contributed by atoms with Crippen molar-refractivity contribution in [1.82, 2.24) is 9.55 Å². The first kappa shape index (κ1) is 9.22. The summed E-state index contributed by atoms with van der Waals surface area (Å²) < 4.78 is 6.86. The molecule has 68 valence electrons. The lowest BCUT2D eigenvalue weighted by atomic mass is 10.4. The number of hydrogen-bond acceptors (Lipinski definition) is 3. The Kier molecular flexibility index (Phi) is 3.76. The summed E-state index contributed by atoms with van der Waals surface area (Å²) in [6.07, 6.45) is 4.39. The molecule has 1 rings (SSSR count). The molecule has 0 radical (unpaired) electrons. The van der Waals surface area contributed by atoms with Crippen molar-refractivity contribution in [2.75, 3.05) is 20.3 Å². The molecule has 4 heteroatoms. The fraction of sp³-hybridized carbons (Fsp3) is 0.625. The third-order valence-electron chi connectivity index (χ3n) is 1.67. The lowest BCUT2D eigenvalue weighted by Crippen LogP contribution is -2.08. The van der Waals surface area contributed by atoms with E-state index in [0.29, 0.717) is 13.2 Å². The van der Waals surface area contributed by atoms with Crippen molar-refractivity contribution in [3.63, 3.8) is 0 Å². The largest absolute Gasteiger partial charge is 0.395 e. The predicted octanol–water partition coefficient (Wildman–Crippen LogP) is 0.0643. The summed E-state index contributed by atoms with van der Waals surface area (Å²) >= 11 is 0. The number of aliphatic hydroxyl groups excluding tert-OH is 1. The van der Waals surface area contributed by atoms with Gasteiger partial charge >= 0.3 is 0 Å². The van der Waals surface area contributed by atoms with Crippen LogP contribution in [-0.2, 0) is 17.7 Å². The number of aromatic nitrogens is 2. The van der Waals surface area contributed by atoms with Gasteiger partial charge in [0.05, 0.1) is 13.2 Å². The Morgan fingerprint density at radius 1 is 1.67 bits per heavy atom. The molecular formula is C8H14N2O2. The summed E-state index contributed by atoms with van der Waals surface area (Å²) in [5.74, 6) is 0.964. The van der Waals surface area contributed by atoms with Crippen LogP contribution < -0.4 is 0 Å². The lowest BCUT2D eigenvalue weighted by Gasteiger charge is -2.04. The van der Waals surface area contributed by atoms with Crippen molar-refractivity contribution < 1.29 is 9.84 Å². The first-order valence-corrected chi connectivity index (χ1v) is 3.98. The number of nitrogens with zero attached hydrogens (tertiary/aromatic N) is 2. The van der Waals surface area contributed by atoms with Crippen molar-refractivity contribution in [1.29, 1.82) is 0 Å². The molecule has 1 heterocycles. The van der Waals surface area contributed by atoms with Gasteiger partial charge in [-0.05, 0) is 0 Å². The third kappa shape index (κ3) is 2.32. The van der Waals surface area contributed by atoms with E-state index in [4.69, 9.17) is 9.84 Å². The van der Waals surface area contributed by atoms with Crippen LogP contribution in [0.25, 0.3) is 0 Å². The van der Waals surface area contributed by atoms with Gasteiger partial charge < -0.3 is 14.4 Å². The molecule has 0 fully saturated rings. The van der Waals surface area contributed by atoms with Gasteiger partial charge in [-0.2, -0.15) is 0 Å². The molecule has 0 atom stereocenters. The van der Waals surface area contributed by atoms with E-state index in [1.165, 1.54) is 0 Å². The van der Waals surface area contributed by atoms with Crippen LogP contribution in [0.5, 0.6) is 0 Å². The average molecular weight is 170 g/mol. The Balaban J connectivity index is 2.51. The summed E-state index contributed by atoms with van der Waals surface area (Å²) in [6, 6.07) is 0. The Bertz CT molecular complexity index is 223. The summed E-state index contributed by atoms with van der Waals surface area (Å²) in [5, 5.41) is 8.71. The summed E-state index contributed by atoms with van der Waals surface area (Å²) in [6.45, 7) is 1.43. The average Bonchev–Trinajstić information content (AvgIpc) is 2.50. The van der Waals surface area contributed by atoms with Crippen molar-refractivity contribution in [3.8, 4) is 0 Å². The number of methoxy groups -OCH3 is 1. The zero-order valence-electron chi connectivity index (χ0n) is 7.23. The van der Waals surface area contributed by atoms with Crippen LogP contribution in [0.2, 0.25) is 0 Å². The maximum atomic E-state index is 8.71. The standard InChI is InChI=1S/C8H14N2O2/c1-12-7-2-8-9-3-4-10(8)5-6-11/h3-4,11H,2,5-7H2,1H3. The van der Waals surface area contributed by atoms with E-state index < -0.39 is 0 Å². The SMILES string of the molecule is COCCc1nccn1CCO. The molecule has 0 aromatic carbocycles. The van der Waals surface area contributed by atoms with E-state index >= 15 is 0 Å². The zero-order valence-corrected chi connectivity index (χ0v) is 7.23. The monoisotopic (exact) mass is 170 g/mol. The van der Waals surface area contributed by atoms with Gasteiger partial charge in [-0.15, -0.1) is 0 Å². The lowest BCUT2D eigenvalue weighted by molar-refractivity contribution is 0.198. The van der Waals surface area contributed by atoms with Crippen LogP contribution in [0.15, 0.2) is 12.4 Å². The van der Waals surface area contributed by atoms with E-state index in [1.54, 1.807) is 13.3 Å². The Hall–Kier alpha value is -0.870. The number of rotatable bonds is 5. The molecule has 0 amide bonds. The van der Waals surface area contributed by atoms with E-state index in [-0.39, 0.29) is 6.61 Å². The van der Waals surface area contributed by atoms with E-state index in [0.717, 1.165) is 12.2 Å². The van der Waals surface area contributed by atoms with Crippen molar-refractivity contribution in [3.05, 3.63) is 18.2 Å². The first-order valence-electron chi connectivity index (χ1n) is 3.98. The number of ether oxygens (including phenoxy) is 1. The van der Waals surface area contributed by atoms with Gasteiger partial charge in [0.1, 0.15) is 5.82 Å². The van der Waals surface area contributed by atoms with Crippen molar-refractivity contribution in [2.45, 2.75) is 13.0 Å². The van der Waals surface area contributed by atoms with Crippen LogP contribution in [0.3, 0.4) is 0 Å². The molecule has 0 unspecified atom stereocenters. The van der Waals surface area contributed by atoms with Gasteiger partial charge in [-0.1, -0.05) is 0 Å². The van der Waals surface area contributed by atoms with Crippen LogP contribution in [0, 0.1) is 0 Å².